The van der Waals surface area contributed by atoms with Crippen LogP contribution in [0.15, 0.2) is 21.9 Å². The summed E-state index contributed by atoms with van der Waals surface area (Å²) in [5, 5.41) is 20.1. The second-order valence-electron chi connectivity index (χ2n) is 3.98. The molecule has 9 nitrogen and oxygen atoms in total. The van der Waals surface area contributed by atoms with Gasteiger partial charge in [-0.25, -0.2) is 10.1 Å². The standard InChI is InChI=1S/C12H12ClN5O4/c1-2-21-8-4-6(3-7(13)10(8)19)5-15-16-12(20)9-11(14)18-22-17-9/h3-5,19H,2H2,1H3,(H2,14,18)(H,16,20)/b15-5-. The van der Waals surface area contributed by atoms with E-state index >= 15 is 0 Å². The minimum absolute atomic E-state index is 0.101. The maximum atomic E-state index is 11.6. The van der Waals surface area contributed by atoms with E-state index in [1.165, 1.54) is 18.3 Å². The summed E-state index contributed by atoms with van der Waals surface area (Å²) in [7, 11) is 0. The normalized spacial score (nSPS) is 10.8. The van der Waals surface area contributed by atoms with Crippen LogP contribution in [-0.2, 0) is 0 Å². The SMILES string of the molecule is CCOc1cc(/C=N\NC(=O)c2nonc2N)cc(Cl)c1O. The molecule has 0 bridgehead atoms. The number of anilines is 1. The smallest absolute Gasteiger partial charge is 0.297 e. The Balaban J connectivity index is 2.10. The molecular formula is C12H12ClN5O4. The predicted molar refractivity (Wildman–Crippen MR) is 78.1 cm³/mol. The van der Waals surface area contributed by atoms with Gasteiger partial charge in [0.05, 0.1) is 17.8 Å². The molecule has 4 N–H and O–H groups in total. The zero-order valence-electron chi connectivity index (χ0n) is 11.4. The molecule has 0 aliphatic rings. The van der Waals surface area contributed by atoms with Crippen LogP contribution in [0.2, 0.25) is 5.02 Å². The molecule has 0 unspecified atom stereocenters. The maximum Gasteiger partial charge on any atom is 0.297 e. The van der Waals surface area contributed by atoms with Gasteiger partial charge in [-0.3, -0.25) is 4.79 Å². The second kappa shape index (κ2) is 6.76. The van der Waals surface area contributed by atoms with E-state index in [0.29, 0.717) is 12.2 Å². The molecule has 0 atom stereocenters. The van der Waals surface area contributed by atoms with Crippen LogP contribution in [0.1, 0.15) is 23.0 Å². The fourth-order valence-electron chi connectivity index (χ4n) is 1.51. The van der Waals surface area contributed by atoms with E-state index in [2.05, 4.69) is 25.5 Å². The number of hydrogen-bond donors (Lipinski definition) is 3. The highest BCUT2D eigenvalue weighted by atomic mass is 35.5. The van der Waals surface area contributed by atoms with Gasteiger partial charge >= 0.3 is 0 Å². The number of hydrogen-bond acceptors (Lipinski definition) is 8. The Kier molecular flexibility index (Phi) is 4.79. The molecule has 0 fully saturated rings. The van der Waals surface area contributed by atoms with E-state index in [-0.39, 0.29) is 28.0 Å². The van der Waals surface area contributed by atoms with Gasteiger partial charge in [-0.05, 0) is 34.9 Å². The number of nitrogens with zero attached hydrogens (tertiary/aromatic N) is 3. The molecule has 2 aromatic rings. The summed E-state index contributed by atoms with van der Waals surface area (Å²) in [6.07, 6.45) is 1.31. The first-order valence-electron chi connectivity index (χ1n) is 6.09. The van der Waals surface area contributed by atoms with E-state index in [9.17, 15) is 9.90 Å². The quantitative estimate of drug-likeness (QED) is 0.554. The number of carbonyl (C=O) groups excluding carboxylic acids is 1. The van der Waals surface area contributed by atoms with Crippen molar-refractivity contribution in [3.05, 3.63) is 28.4 Å². The van der Waals surface area contributed by atoms with Crippen LogP contribution in [0, 0.1) is 0 Å². The van der Waals surface area contributed by atoms with Crippen molar-refractivity contribution in [3.63, 3.8) is 0 Å². The van der Waals surface area contributed by atoms with E-state index in [1.54, 1.807) is 6.92 Å². The lowest BCUT2D eigenvalue weighted by Crippen LogP contribution is -2.19. The number of benzene rings is 1. The van der Waals surface area contributed by atoms with Gasteiger partial charge in [0.25, 0.3) is 5.91 Å². The number of aromatic hydroxyl groups is 1. The summed E-state index contributed by atoms with van der Waals surface area (Å²) in [6, 6.07) is 2.98. The summed E-state index contributed by atoms with van der Waals surface area (Å²) < 4.78 is 9.53. The van der Waals surface area contributed by atoms with Crippen molar-refractivity contribution >= 4 is 29.5 Å². The molecule has 22 heavy (non-hydrogen) atoms. The molecule has 10 heteroatoms. The summed E-state index contributed by atoms with van der Waals surface area (Å²) in [4.78, 5) is 11.6. The third-order valence-electron chi connectivity index (χ3n) is 2.46. The van der Waals surface area contributed by atoms with Crippen molar-refractivity contribution in [2.45, 2.75) is 6.92 Å². The number of nitrogens with one attached hydrogen (secondary N) is 1. The Hall–Kier alpha value is -2.81. The molecule has 0 aliphatic heterocycles. The average molecular weight is 326 g/mol. The van der Waals surface area contributed by atoms with Crippen LogP contribution >= 0.6 is 11.6 Å². The number of amides is 1. The Morgan fingerprint density at radius 3 is 3.00 bits per heavy atom. The number of rotatable bonds is 5. The summed E-state index contributed by atoms with van der Waals surface area (Å²) >= 11 is 5.87. The first-order chi connectivity index (χ1) is 10.5. The molecule has 1 aromatic carbocycles. The predicted octanol–water partition coefficient (Wildman–Crippen LogP) is 1.17. The van der Waals surface area contributed by atoms with Crippen molar-refractivity contribution in [1.29, 1.82) is 0 Å². The first-order valence-corrected chi connectivity index (χ1v) is 6.47. The largest absolute Gasteiger partial charge is 0.503 e. The number of hydrazone groups is 1. The number of halogens is 1. The molecule has 0 spiro atoms. The summed E-state index contributed by atoms with van der Waals surface area (Å²) in [5.74, 6) is -0.761. The van der Waals surface area contributed by atoms with E-state index in [0.717, 1.165) is 0 Å². The molecule has 0 saturated carbocycles. The number of nitrogen functional groups attached to an aromatic ring is 1. The van der Waals surface area contributed by atoms with Gasteiger partial charge in [0.1, 0.15) is 0 Å². The Labute approximate surface area is 129 Å². The molecule has 2 rings (SSSR count). The molecule has 1 aromatic heterocycles. The topological polar surface area (TPSA) is 136 Å². The molecule has 1 heterocycles. The number of nitrogens with two attached hydrogens (primary N) is 1. The van der Waals surface area contributed by atoms with E-state index < -0.39 is 5.91 Å². The van der Waals surface area contributed by atoms with Crippen LogP contribution in [0.4, 0.5) is 5.82 Å². The zero-order valence-corrected chi connectivity index (χ0v) is 12.2. The summed E-state index contributed by atoms with van der Waals surface area (Å²) in [6.45, 7) is 2.13. The first kappa shape index (κ1) is 15.6. The van der Waals surface area contributed by atoms with Crippen LogP contribution < -0.4 is 15.9 Å². The van der Waals surface area contributed by atoms with Crippen molar-refractivity contribution < 1.29 is 19.3 Å². The molecule has 0 radical (unpaired) electrons. The van der Waals surface area contributed by atoms with Crippen molar-refractivity contribution in [2.75, 3.05) is 12.3 Å². The minimum Gasteiger partial charge on any atom is -0.503 e. The Morgan fingerprint density at radius 2 is 2.36 bits per heavy atom. The van der Waals surface area contributed by atoms with Gasteiger partial charge in [0.15, 0.2) is 11.5 Å². The zero-order chi connectivity index (χ0) is 16.1. The lowest BCUT2D eigenvalue weighted by molar-refractivity contribution is 0.0946. The van der Waals surface area contributed by atoms with Gasteiger partial charge < -0.3 is 15.6 Å². The molecule has 116 valence electrons. The van der Waals surface area contributed by atoms with Crippen molar-refractivity contribution in [2.24, 2.45) is 5.10 Å². The van der Waals surface area contributed by atoms with Gasteiger partial charge in [0.2, 0.25) is 11.5 Å². The highest BCUT2D eigenvalue weighted by Crippen LogP contribution is 2.34. The third kappa shape index (κ3) is 3.44. The molecule has 1 amide bonds. The average Bonchev–Trinajstić information content (AvgIpc) is 2.90. The fraction of sp³-hybridized carbons (Fsp3) is 0.167. The molecule has 0 saturated heterocycles. The molecule has 0 aliphatic carbocycles. The lowest BCUT2D eigenvalue weighted by atomic mass is 10.2. The number of ether oxygens (including phenoxy) is 1. The Morgan fingerprint density at radius 1 is 1.59 bits per heavy atom. The number of phenolic OH excluding ortho intramolecular Hbond substituents is 1. The van der Waals surface area contributed by atoms with E-state index in [4.69, 9.17) is 22.1 Å². The minimum atomic E-state index is -0.676. The van der Waals surface area contributed by atoms with E-state index in [1.807, 2.05) is 0 Å². The third-order valence-corrected chi connectivity index (χ3v) is 2.75. The fourth-order valence-corrected chi connectivity index (χ4v) is 1.72. The number of aromatic nitrogens is 2. The lowest BCUT2D eigenvalue weighted by Gasteiger charge is -2.08. The van der Waals surface area contributed by atoms with Crippen LogP contribution in [-0.4, -0.2) is 34.1 Å². The highest BCUT2D eigenvalue weighted by Gasteiger charge is 2.15. The number of carbonyl (C=O) groups is 1. The van der Waals surface area contributed by atoms with Gasteiger partial charge in [-0.15, -0.1) is 0 Å². The highest BCUT2D eigenvalue weighted by molar-refractivity contribution is 6.32. The van der Waals surface area contributed by atoms with Gasteiger partial charge in [-0.1, -0.05) is 11.6 Å². The van der Waals surface area contributed by atoms with Gasteiger partial charge in [0, 0.05) is 0 Å². The Bertz CT molecular complexity index is 716. The van der Waals surface area contributed by atoms with Crippen LogP contribution in [0.25, 0.3) is 0 Å². The molecular weight excluding hydrogens is 314 g/mol. The monoisotopic (exact) mass is 325 g/mol. The van der Waals surface area contributed by atoms with Gasteiger partial charge in [-0.2, -0.15) is 5.10 Å². The second-order valence-corrected chi connectivity index (χ2v) is 4.39. The van der Waals surface area contributed by atoms with Crippen LogP contribution in [0.5, 0.6) is 11.5 Å². The van der Waals surface area contributed by atoms with Crippen molar-refractivity contribution in [1.82, 2.24) is 15.7 Å². The maximum absolute atomic E-state index is 11.6. The van der Waals surface area contributed by atoms with Crippen LogP contribution in [0.3, 0.4) is 0 Å². The summed E-state index contributed by atoms with van der Waals surface area (Å²) in [5.41, 5.74) is 7.92. The number of phenols is 1. The van der Waals surface area contributed by atoms with Crippen molar-refractivity contribution in [3.8, 4) is 11.5 Å².